The lowest BCUT2D eigenvalue weighted by Gasteiger charge is -2.26. The van der Waals surface area contributed by atoms with E-state index in [0.29, 0.717) is 0 Å². The van der Waals surface area contributed by atoms with Crippen LogP contribution in [0.15, 0.2) is 77.2 Å². The fourth-order valence-electron chi connectivity index (χ4n) is 4.63. The zero-order valence-corrected chi connectivity index (χ0v) is 19.3. The molecule has 33 heavy (non-hydrogen) atoms. The second kappa shape index (κ2) is 10.1. The first-order valence-electron chi connectivity index (χ1n) is 11.9. The molecular weight excluding hydrogens is 410 g/mol. The average Bonchev–Trinajstić information content (AvgIpc) is 3.24. The van der Waals surface area contributed by atoms with Gasteiger partial charge in [-0.1, -0.05) is 36.8 Å². The summed E-state index contributed by atoms with van der Waals surface area (Å²) in [5.41, 5.74) is 4.41. The Hall–Kier alpha value is -3.24. The van der Waals surface area contributed by atoms with Gasteiger partial charge >= 0.3 is 0 Å². The second-order valence-electron chi connectivity index (χ2n) is 8.71. The highest BCUT2D eigenvalue weighted by Crippen LogP contribution is 2.36. The molecule has 0 amide bonds. The van der Waals surface area contributed by atoms with Crippen LogP contribution in [-0.4, -0.2) is 38.3 Å². The number of likely N-dealkylation sites (tertiary alicyclic amines) is 1. The van der Waals surface area contributed by atoms with Gasteiger partial charge in [0.1, 0.15) is 29.4 Å². The van der Waals surface area contributed by atoms with Crippen LogP contribution in [0, 0.1) is 0 Å². The molecular formula is C29H31NO3. The van der Waals surface area contributed by atoms with E-state index >= 15 is 0 Å². The van der Waals surface area contributed by atoms with Crippen LogP contribution < -0.4 is 9.47 Å². The first-order chi connectivity index (χ1) is 16.3. The van der Waals surface area contributed by atoms with Crippen molar-refractivity contribution in [2.24, 2.45) is 0 Å². The summed E-state index contributed by atoms with van der Waals surface area (Å²) < 4.78 is 17.6. The van der Waals surface area contributed by atoms with Crippen LogP contribution in [0.3, 0.4) is 0 Å². The maximum atomic E-state index is 6.30. The fraction of sp³-hybridized carbons (Fsp3) is 0.310. The van der Waals surface area contributed by atoms with Gasteiger partial charge < -0.3 is 13.9 Å². The number of fused-ring (bicyclic) bond motifs is 1. The summed E-state index contributed by atoms with van der Waals surface area (Å²) in [4.78, 5) is 2.50. The summed E-state index contributed by atoms with van der Waals surface area (Å²) in [6, 6.07) is 24.8. The topological polar surface area (TPSA) is 34.8 Å². The van der Waals surface area contributed by atoms with Gasteiger partial charge in [-0.05, 0) is 74.0 Å². The first kappa shape index (κ1) is 21.6. The zero-order chi connectivity index (χ0) is 22.5. The van der Waals surface area contributed by atoms with E-state index in [4.69, 9.17) is 13.9 Å². The number of benzene rings is 3. The predicted octanol–water partition coefficient (Wildman–Crippen LogP) is 6.56. The van der Waals surface area contributed by atoms with E-state index in [9.17, 15) is 0 Å². The molecule has 0 bridgehead atoms. The molecule has 2 heterocycles. The average molecular weight is 442 g/mol. The Morgan fingerprint density at radius 3 is 2.30 bits per heavy atom. The Labute approximate surface area is 195 Å². The molecule has 0 atom stereocenters. The fourth-order valence-corrected chi connectivity index (χ4v) is 4.63. The molecule has 4 nitrogen and oxygen atoms in total. The van der Waals surface area contributed by atoms with E-state index in [1.165, 1.54) is 43.5 Å². The summed E-state index contributed by atoms with van der Waals surface area (Å²) >= 11 is 0. The van der Waals surface area contributed by atoms with Crippen LogP contribution in [0.4, 0.5) is 0 Å². The Morgan fingerprint density at radius 2 is 1.55 bits per heavy atom. The Bertz CT molecular complexity index is 1170. The summed E-state index contributed by atoms with van der Waals surface area (Å²) in [6.45, 7) is 4.16. The minimum absolute atomic E-state index is 0.743. The highest BCUT2D eigenvalue weighted by atomic mass is 16.5. The number of ether oxygens (including phenoxy) is 2. The van der Waals surface area contributed by atoms with Crippen molar-refractivity contribution >= 4 is 11.0 Å². The monoisotopic (exact) mass is 441 g/mol. The van der Waals surface area contributed by atoms with Crippen molar-refractivity contribution in [1.82, 2.24) is 4.90 Å². The molecule has 1 saturated heterocycles. The zero-order valence-electron chi connectivity index (χ0n) is 19.3. The molecule has 3 aromatic carbocycles. The number of piperidine rings is 1. The number of rotatable bonds is 8. The van der Waals surface area contributed by atoms with Crippen LogP contribution in [0.1, 0.15) is 30.4 Å². The van der Waals surface area contributed by atoms with Crippen LogP contribution in [0.5, 0.6) is 11.5 Å². The van der Waals surface area contributed by atoms with Crippen molar-refractivity contribution in [1.29, 1.82) is 0 Å². The van der Waals surface area contributed by atoms with Gasteiger partial charge in [-0.15, -0.1) is 0 Å². The van der Waals surface area contributed by atoms with Crippen molar-refractivity contribution in [2.75, 3.05) is 33.4 Å². The van der Waals surface area contributed by atoms with Gasteiger partial charge in [0.15, 0.2) is 0 Å². The number of para-hydroxylation sites is 1. The van der Waals surface area contributed by atoms with Gasteiger partial charge in [-0.3, -0.25) is 4.90 Å². The third kappa shape index (κ3) is 5.07. The minimum atomic E-state index is 0.743. The number of hydrogen-bond donors (Lipinski definition) is 0. The minimum Gasteiger partial charge on any atom is -0.497 e. The van der Waals surface area contributed by atoms with Gasteiger partial charge in [0, 0.05) is 29.5 Å². The third-order valence-corrected chi connectivity index (χ3v) is 6.48. The summed E-state index contributed by atoms with van der Waals surface area (Å²) in [5.74, 6) is 2.69. The van der Waals surface area contributed by atoms with E-state index in [1.54, 1.807) is 7.11 Å². The first-order valence-corrected chi connectivity index (χ1v) is 11.9. The van der Waals surface area contributed by atoms with Gasteiger partial charge in [0.05, 0.1) is 7.11 Å². The molecule has 4 heteroatoms. The number of methoxy groups -OCH3 is 1. The lowest BCUT2D eigenvalue weighted by Crippen LogP contribution is -2.33. The second-order valence-corrected chi connectivity index (χ2v) is 8.71. The lowest BCUT2D eigenvalue weighted by molar-refractivity contribution is 0.183. The van der Waals surface area contributed by atoms with E-state index in [2.05, 4.69) is 53.4 Å². The molecule has 0 unspecified atom stereocenters. The normalized spacial score (nSPS) is 14.5. The highest BCUT2D eigenvalue weighted by molar-refractivity contribution is 5.88. The van der Waals surface area contributed by atoms with Gasteiger partial charge in [0.25, 0.3) is 0 Å². The van der Waals surface area contributed by atoms with Crippen LogP contribution in [0.2, 0.25) is 0 Å². The maximum absolute atomic E-state index is 6.30. The van der Waals surface area contributed by atoms with E-state index in [0.717, 1.165) is 53.4 Å². The van der Waals surface area contributed by atoms with Gasteiger partial charge in [0.2, 0.25) is 0 Å². The molecule has 0 spiro atoms. The van der Waals surface area contributed by atoms with Crippen molar-refractivity contribution in [3.8, 4) is 22.8 Å². The number of hydrogen-bond acceptors (Lipinski definition) is 4. The molecule has 1 aliphatic heterocycles. The Balaban J connectivity index is 1.32. The molecule has 1 fully saturated rings. The molecule has 0 N–H and O–H groups in total. The van der Waals surface area contributed by atoms with Crippen molar-refractivity contribution in [2.45, 2.75) is 25.7 Å². The van der Waals surface area contributed by atoms with Gasteiger partial charge in [-0.2, -0.15) is 0 Å². The summed E-state index contributed by atoms with van der Waals surface area (Å²) in [5, 5.41) is 1.16. The van der Waals surface area contributed by atoms with Crippen molar-refractivity contribution in [3.63, 3.8) is 0 Å². The quantitative estimate of drug-likeness (QED) is 0.310. The molecule has 0 radical (unpaired) electrons. The summed E-state index contributed by atoms with van der Waals surface area (Å²) in [7, 11) is 1.68. The molecule has 1 aliphatic rings. The standard InChI is InChI=1S/C29H31NO3/c1-31-24-15-11-23(12-16-24)29-27(26-7-3-4-8-28(26)33-29)21-22-9-13-25(14-10-22)32-20-19-30-17-5-2-6-18-30/h3-4,7-16H,2,5-6,17-21H2,1H3. The van der Waals surface area contributed by atoms with E-state index < -0.39 is 0 Å². The predicted molar refractivity (Wildman–Crippen MR) is 133 cm³/mol. The molecule has 1 aromatic heterocycles. The maximum Gasteiger partial charge on any atom is 0.138 e. The molecule has 4 aromatic rings. The number of furan rings is 1. The van der Waals surface area contributed by atoms with Crippen LogP contribution >= 0.6 is 0 Å². The molecule has 0 aliphatic carbocycles. The van der Waals surface area contributed by atoms with Crippen LogP contribution in [-0.2, 0) is 6.42 Å². The van der Waals surface area contributed by atoms with Crippen LogP contribution in [0.25, 0.3) is 22.3 Å². The SMILES string of the molecule is COc1ccc(-c2oc3ccccc3c2Cc2ccc(OCCN3CCCCC3)cc2)cc1. The van der Waals surface area contributed by atoms with E-state index in [1.807, 2.05) is 24.3 Å². The van der Waals surface area contributed by atoms with E-state index in [-0.39, 0.29) is 0 Å². The highest BCUT2D eigenvalue weighted by Gasteiger charge is 2.16. The molecule has 0 saturated carbocycles. The summed E-state index contributed by atoms with van der Waals surface area (Å²) in [6.07, 6.45) is 4.79. The Kier molecular flexibility index (Phi) is 6.63. The van der Waals surface area contributed by atoms with Gasteiger partial charge in [-0.25, -0.2) is 0 Å². The Morgan fingerprint density at radius 1 is 0.818 bits per heavy atom. The lowest BCUT2D eigenvalue weighted by atomic mass is 9.98. The number of nitrogens with zero attached hydrogens (tertiary/aromatic N) is 1. The molecule has 5 rings (SSSR count). The molecule has 170 valence electrons. The smallest absolute Gasteiger partial charge is 0.138 e. The van der Waals surface area contributed by atoms with Crippen molar-refractivity contribution in [3.05, 3.63) is 83.9 Å². The third-order valence-electron chi connectivity index (χ3n) is 6.48. The van der Waals surface area contributed by atoms with Crippen molar-refractivity contribution < 1.29 is 13.9 Å². The largest absolute Gasteiger partial charge is 0.497 e.